The molecular formula is C18H32O15. The second-order valence-corrected chi connectivity index (χ2v) is 8.26. The van der Waals surface area contributed by atoms with Crippen LogP contribution < -0.4 is 0 Å². The Bertz CT molecular complexity index is 609. The molecule has 15 nitrogen and oxygen atoms in total. The van der Waals surface area contributed by atoms with Gasteiger partial charge in [0.1, 0.15) is 61.0 Å². The van der Waals surface area contributed by atoms with Gasteiger partial charge in [0.15, 0.2) is 18.9 Å². The van der Waals surface area contributed by atoms with E-state index in [0.717, 1.165) is 0 Å². The summed E-state index contributed by atoms with van der Waals surface area (Å²) in [6.45, 7) is -1.74. The Morgan fingerprint density at radius 1 is 0.636 bits per heavy atom. The molecule has 14 atom stereocenters. The molecule has 0 saturated carbocycles. The lowest BCUT2D eigenvalue weighted by molar-refractivity contribution is -0.359. The predicted molar refractivity (Wildman–Crippen MR) is 99.9 cm³/mol. The lowest BCUT2D eigenvalue weighted by Gasteiger charge is -2.45. The Morgan fingerprint density at radius 2 is 1.27 bits per heavy atom. The van der Waals surface area contributed by atoms with Crippen LogP contribution in [-0.2, 0) is 23.7 Å². The summed E-state index contributed by atoms with van der Waals surface area (Å²) in [5, 5.41) is 98.8. The highest BCUT2D eigenvalue weighted by Crippen LogP contribution is 2.29. The summed E-state index contributed by atoms with van der Waals surface area (Å²) in [5.74, 6) is 0. The topological polar surface area (TPSA) is 248 Å². The van der Waals surface area contributed by atoms with Gasteiger partial charge in [0.25, 0.3) is 0 Å². The summed E-state index contributed by atoms with van der Waals surface area (Å²) in [5.41, 5.74) is 0. The first kappa shape index (κ1) is 27.0. The van der Waals surface area contributed by atoms with E-state index in [1.54, 1.807) is 0 Å². The molecule has 0 aromatic heterocycles. The molecule has 3 aliphatic rings. The molecule has 0 bridgehead atoms. The zero-order valence-electron chi connectivity index (χ0n) is 17.4. The lowest BCUT2D eigenvalue weighted by atomic mass is 9.97. The van der Waals surface area contributed by atoms with Gasteiger partial charge in [-0.15, -0.1) is 0 Å². The van der Waals surface area contributed by atoms with Crippen LogP contribution in [0.15, 0.2) is 0 Å². The van der Waals surface area contributed by atoms with E-state index in [-0.39, 0.29) is 6.42 Å². The van der Waals surface area contributed by atoms with E-state index in [0.29, 0.717) is 0 Å². The Labute approximate surface area is 187 Å². The van der Waals surface area contributed by atoms with Crippen LogP contribution in [0.3, 0.4) is 0 Å². The van der Waals surface area contributed by atoms with Gasteiger partial charge >= 0.3 is 0 Å². The number of rotatable bonds is 7. The maximum Gasteiger partial charge on any atom is 0.187 e. The van der Waals surface area contributed by atoms with Crippen molar-refractivity contribution in [2.24, 2.45) is 0 Å². The van der Waals surface area contributed by atoms with Crippen LogP contribution in [0.25, 0.3) is 0 Å². The van der Waals surface area contributed by atoms with Crippen molar-refractivity contribution in [3.05, 3.63) is 0 Å². The molecule has 0 unspecified atom stereocenters. The van der Waals surface area contributed by atoms with Crippen molar-refractivity contribution in [3.63, 3.8) is 0 Å². The molecule has 3 heterocycles. The van der Waals surface area contributed by atoms with Gasteiger partial charge in [-0.3, -0.25) is 0 Å². The molecule has 33 heavy (non-hydrogen) atoms. The molecule has 0 aromatic carbocycles. The molecule has 3 aliphatic heterocycles. The van der Waals surface area contributed by atoms with E-state index >= 15 is 0 Å². The number of ether oxygens (including phenoxy) is 5. The zero-order chi connectivity index (χ0) is 24.4. The normalized spacial score (nSPS) is 51.5. The van der Waals surface area contributed by atoms with E-state index in [1.807, 2.05) is 0 Å². The molecule has 15 heteroatoms. The molecule has 0 spiro atoms. The van der Waals surface area contributed by atoms with Gasteiger partial charge in [-0.05, 0) is 0 Å². The van der Waals surface area contributed by atoms with Gasteiger partial charge in [-0.2, -0.15) is 0 Å². The van der Waals surface area contributed by atoms with Crippen LogP contribution in [0.5, 0.6) is 0 Å². The third kappa shape index (κ3) is 5.80. The fourth-order valence-corrected chi connectivity index (χ4v) is 3.93. The fraction of sp³-hybridized carbons (Fsp3) is 1.00. The van der Waals surface area contributed by atoms with E-state index < -0.39 is 106 Å². The van der Waals surface area contributed by atoms with Gasteiger partial charge in [-0.25, -0.2) is 0 Å². The van der Waals surface area contributed by atoms with E-state index in [9.17, 15) is 51.1 Å². The summed E-state index contributed by atoms with van der Waals surface area (Å²) in [6.07, 6.45) is -21.4. The SMILES string of the molecule is OC[C@H]1O[C@H](O[C@@H]2[C@H](O)[C@H](O)O[C@H](CO[C@@H]3C[C@@H](O)[C@H](O)[C@@H](CO)O3)[C@H]2O)[C@@H](O)[C@@H](O)[C@@H]1O. The van der Waals surface area contributed by atoms with Crippen LogP contribution in [0, 0.1) is 0 Å². The first-order valence-corrected chi connectivity index (χ1v) is 10.5. The minimum Gasteiger partial charge on any atom is -0.394 e. The van der Waals surface area contributed by atoms with Crippen molar-refractivity contribution in [2.45, 2.75) is 92.4 Å². The van der Waals surface area contributed by atoms with Gasteiger partial charge in [0.2, 0.25) is 0 Å². The summed E-state index contributed by atoms with van der Waals surface area (Å²) < 4.78 is 26.5. The Kier molecular flexibility index (Phi) is 9.35. The minimum atomic E-state index is -1.86. The lowest BCUT2D eigenvalue weighted by Crippen LogP contribution is -2.64. The maximum atomic E-state index is 10.6. The standard InChI is InChI=1S/C18H32O15/c19-2-6-10(22)5(21)1-9(30-6)29-4-8-12(24)16(15(27)17(28)31-8)33-18-14(26)13(25)11(23)7(3-20)32-18/h5-28H,1-4H2/t5-,6-,7-,8-,9+,10+,11-,12-,13+,14+,15+,16+,17-,18-/m1/s1. The van der Waals surface area contributed by atoms with E-state index in [1.165, 1.54) is 0 Å². The monoisotopic (exact) mass is 488 g/mol. The molecule has 3 saturated heterocycles. The molecule has 0 aromatic rings. The predicted octanol–water partition coefficient (Wildman–Crippen LogP) is -6.54. The Balaban J connectivity index is 1.63. The highest BCUT2D eigenvalue weighted by Gasteiger charge is 2.50. The van der Waals surface area contributed by atoms with Gasteiger partial charge in [0.05, 0.1) is 25.9 Å². The first-order valence-electron chi connectivity index (χ1n) is 10.5. The Hall–Kier alpha value is -0.600. The largest absolute Gasteiger partial charge is 0.394 e. The van der Waals surface area contributed by atoms with Gasteiger partial charge < -0.3 is 74.7 Å². The smallest absolute Gasteiger partial charge is 0.187 e. The third-order valence-electron chi connectivity index (χ3n) is 5.96. The van der Waals surface area contributed by atoms with Crippen molar-refractivity contribution < 1.29 is 74.7 Å². The molecule has 0 aliphatic carbocycles. The van der Waals surface area contributed by atoms with Crippen LogP contribution in [0.1, 0.15) is 6.42 Å². The summed E-state index contributed by atoms with van der Waals surface area (Å²) in [7, 11) is 0. The van der Waals surface area contributed by atoms with Crippen LogP contribution >= 0.6 is 0 Å². The van der Waals surface area contributed by atoms with Crippen LogP contribution in [0.2, 0.25) is 0 Å². The van der Waals surface area contributed by atoms with E-state index in [4.69, 9.17) is 23.7 Å². The van der Waals surface area contributed by atoms with E-state index in [2.05, 4.69) is 0 Å². The average molecular weight is 488 g/mol. The minimum absolute atomic E-state index is 0.156. The molecule has 3 fully saturated rings. The zero-order valence-corrected chi connectivity index (χ0v) is 17.4. The number of aliphatic hydroxyl groups is 10. The second kappa shape index (κ2) is 11.4. The maximum absolute atomic E-state index is 10.6. The second-order valence-electron chi connectivity index (χ2n) is 8.26. The molecular weight excluding hydrogens is 456 g/mol. The molecule has 10 N–H and O–H groups in total. The van der Waals surface area contributed by atoms with Gasteiger partial charge in [-0.1, -0.05) is 0 Å². The van der Waals surface area contributed by atoms with Crippen molar-refractivity contribution in [1.29, 1.82) is 0 Å². The molecule has 0 amide bonds. The number of hydrogen-bond acceptors (Lipinski definition) is 15. The van der Waals surface area contributed by atoms with Crippen molar-refractivity contribution in [3.8, 4) is 0 Å². The highest BCUT2D eigenvalue weighted by atomic mass is 16.7. The first-order chi connectivity index (χ1) is 15.6. The summed E-state index contributed by atoms with van der Waals surface area (Å²) >= 11 is 0. The molecule has 3 rings (SSSR count). The highest BCUT2D eigenvalue weighted by molar-refractivity contribution is 4.94. The molecule has 0 radical (unpaired) electrons. The van der Waals surface area contributed by atoms with Crippen LogP contribution in [-0.4, -0.2) is 157 Å². The third-order valence-corrected chi connectivity index (χ3v) is 5.96. The van der Waals surface area contributed by atoms with Crippen molar-refractivity contribution >= 4 is 0 Å². The summed E-state index contributed by atoms with van der Waals surface area (Å²) in [6, 6.07) is 0. The molecule has 194 valence electrons. The average Bonchev–Trinajstić information content (AvgIpc) is 2.80. The Morgan fingerprint density at radius 3 is 1.91 bits per heavy atom. The fourth-order valence-electron chi connectivity index (χ4n) is 3.93. The van der Waals surface area contributed by atoms with Crippen molar-refractivity contribution in [2.75, 3.05) is 19.8 Å². The number of hydrogen-bond donors (Lipinski definition) is 10. The van der Waals surface area contributed by atoms with Crippen LogP contribution in [0.4, 0.5) is 0 Å². The number of aliphatic hydroxyl groups excluding tert-OH is 10. The van der Waals surface area contributed by atoms with Crippen molar-refractivity contribution in [1.82, 2.24) is 0 Å². The quantitative estimate of drug-likeness (QED) is 0.160. The van der Waals surface area contributed by atoms with Gasteiger partial charge in [0, 0.05) is 6.42 Å². The summed E-state index contributed by atoms with van der Waals surface area (Å²) in [4.78, 5) is 0.